The number of primary amides is 1. The van der Waals surface area contributed by atoms with Crippen molar-refractivity contribution >= 4 is 41.4 Å². The Morgan fingerprint density at radius 2 is 1.38 bits per heavy atom. The molecule has 0 aliphatic rings. The van der Waals surface area contributed by atoms with E-state index >= 15 is 0 Å². The summed E-state index contributed by atoms with van der Waals surface area (Å²) in [6.07, 6.45) is 0.0316. The SMILES string of the molecule is CC(C)C[C@H](NC(=O)[C@H](CO)NC(=O)CNC(=O)CNC(=O)[C@H](C)NC(=O)[C@@H](N)CCC(N)=O)C(=O)O. The molecule has 6 amide bonds. The Morgan fingerprint density at radius 3 is 1.89 bits per heavy atom. The van der Waals surface area contributed by atoms with E-state index in [0.717, 1.165) is 0 Å². The predicted octanol–water partition coefficient (Wildman–Crippen LogP) is -4.59. The Balaban J connectivity index is 4.52. The quantitative estimate of drug-likeness (QED) is 0.0866. The molecule has 0 bridgehead atoms. The van der Waals surface area contributed by atoms with Crippen LogP contribution in [0.5, 0.6) is 0 Å². The smallest absolute Gasteiger partial charge is 0.326 e. The number of nitrogens with one attached hydrogen (secondary N) is 5. The van der Waals surface area contributed by atoms with Crippen molar-refractivity contribution in [1.82, 2.24) is 26.6 Å². The maximum atomic E-state index is 12.2. The van der Waals surface area contributed by atoms with Gasteiger partial charge in [-0.2, -0.15) is 0 Å². The summed E-state index contributed by atoms with van der Waals surface area (Å²) in [6, 6.07) is -4.77. The Bertz CT molecular complexity index is 850. The van der Waals surface area contributed by atoms with Crippen LogP contribution >= 0.6 is 0 Å². The van der Waals surface area contributed by atoms with Crippen LogP contribution in [0.2, 0.25) is 0 Å². The van der Waals surface area contributed by atoms with Gasteiger partial charge in [0.1, 0.15) is 18.1 Å². The van der Waals surface area contributed by atoms with Crippen LogP contribution in [-0.4, -0.2) is 95.5 Å². The number of aliphatic carboxylic acids is 1. The maximum Gasteiger partial charge on any atom is 0.326 e. The van der Waals surface area contributed by atoms with Gasteiger partial charge < -0.3 is 48.3 Å². The van der Waals surface area contributed by atoms with Gasteiger partial charge in [-0.15, -0.1) is 0 Å². The van der Waals surface area contributed by atoms with Crippen LogP contribution in [0.15, 0.2) is 0 Å². The molecule has 0 saturated heterocycles. The molecule has 16 heteroatoms. The molecule has 0 saturated carbocycles. The maximum absolute atomic E-state index is 12.2. The molecule has 0 unspecified atom stereocenters. The average molecular weight is 532 g/mol. The molecule has 0 aliphatic carbocycles. The highest BCUT2D eigenvalue weighted by molar-refractivity contribution is 5.94. The number of hydrogen-bond acceptors (Lipinski definition) is 9. The molecule has 11 N–H and O–H groups in total. The third-order valence-corrected chi connectivity index (χ3v) is 4.82. The van der Waals surface area contributed by atoms with E-state index in [1.807, 2.05) is 0 Å². The Hall–Kier alpha value is -3.79. The fourth-order valence-corrected chi connectivity index (χ4v) is 2.78. The van der Waals surface area contributed by atoms with Crippen molar-refractivity contribution in [3.05, 3.63) is 0 Å². The molecule has 0 spiro atoms. The molecule has 16 nitrogen and oxygen atoms in total. The Labute approximate surface area is 213 Å². The zero-order valence-electron chi connectivity index (χ0n) is 21.0. The van der Waals surface area contributed by atoms with Gasteiger partial charge in [-0.05, 0) is 25.7 Å². The van der Waals surface area contributed by atoms with E-state index in [1.54, 1.807) is 13.8 Å². The van der Waals surface area contributed by atoms with Crippen molar-refractivity contribution in [2.45, 2.75) is 64.2 Å². The predicted molar refractivity (Wildman–Crippen MR) is 128 cm³/mol. The van der Waals surface area contributed by atoms with Gasteiger partial charge in [0.05, 0.1) is 25.7 Å². The minimum Gasteiger partial charge on any atom is -0.480 e. The average Bonchev–Trinajstić information content (AvgIpc) is 2.81. The molecule has 0 aromatic carbocycles. The second kappa shape index (κ2) is 16.8. The fourth-order valence-electron chi connectivity index (χ4n) is 2.78. The number of hydrogen-bond donors (Lipinski definition) is 9. The van der Waals surface area contributed by atoms with E-state index in [2.05, 4.69) is 26.6 Å². The summed E-state index contributed by atoms with van der Waals surface area (Å²) >= 11 is 0. The van der Waals surface area contributed by atoms with E-state index in [0.29, 0.717) is 0 Å². The van der Waals surface area contributed by atoms with E-state index in [4.69, 9.17) is 11.5 Å². The lowest BCUT2D eigenvalue weighted by Gasteiger charge is -2.21. The Kier molecular flexibility index (Phi) is 15.1. The van der Waals surface area contributed by atoms with Gasteiger partial charge >= 0.3 is 5.97 Å². The second-order valence-electron chi connectivity index (χ2n) is 8.67. The van der Waals surface area contributed by atoms with E-state index in [9.17, 15) is 43.8 Å². The molecule has 0 aliphatic heterocycles. The molecule has 0 heterocycles. The minimum atomic E-state index is -1.45. The van der Waals surface area contributed by atoms with Gasteiger partial charge in [0, 0.05) is 6.42 Å². The number of amides is 6. The number of aliphatic hydroxyl groups is 1. The summed E-state index contributed by atoms with van der Waals surface area (Å²) in [7, 11) is 0. The normalized spacial score (nSPS) is 13.9. The van der Waals surface area contributed by atoms with Gasteiger partial charge in [-0.3, -0.25) is 28.8 Å². The first-order valence-electron chi connectivity index (χ1n) is 11.5. The Morgan fingerprint density at radius 1 is 0.784 bits per heavy atom. The first-order chi connectivity index (χ1) is 17.2. The molecule has 0 aromatic heterocycles. The number of carbonyl (C=O) groups excluding carboxylic acids is 6. The van der Waals surface area contributed by atoms with Gasteiger partial charge in [0.25, 0.3) is 0 Å². The molecule has 0 fully saturated rings. The minimum absolute atomic E-state index is 0.00312. The molecule has 37 heavy (non-hydrogen) atoms. The van der Waals surface area contributed by atoms with Crippen LogP contribution in [0, 0.1) is 5.92 Å². The van der Waals surface area contributed by atoms with Gasteiger partial charge in [0.2, 0.25) is 35.4 Å². The fraction of sp³-hybridized carbons (Fsp3) is 0.667. The first kappa shape index (κ1) is 33.2. The van der Waals surface area contributed by atoms with Gasteiger partial charge in [-0.1, -0.05) is 13.8 Å². The lowest BCUT2D eigenvalue weighted by molar-refractivity contribution is -0.143. The van der Waals surface area contributed by atoms with Crippen LogP contribution in [0.3, 0.4) is 0 Å². The van der Waals surface area contributed by atoms with E-state index < -0.39 is 85.3 Å². The second-order valence-corrected chi connectivity index (χ2v) is 8.67. The van der Waals surface area contributed by atoms with Gasteiger partial charge in [0.15, 0.2) is 0 Å². The van der Waals surface area contributed by atoms with Crippen LogP contribution in [0.4, 0.5) is 0 Å². The summed E-state index contributed by atoms with van der Waals surface area (Å²) in [5.41, 5.74) is 10.6. The monoisotopic (exact) mass is 531 g/mol. The highest BCUT2D eigenvalue weighted by Gasteiger charge is 2.27. The van der Waals surface area contributed by atoms with Crippen molar-refractivity contribution in [3.8, 4) is 0 Å². The van der Waals surface area contributed by atoms with Crippen molar-refractivity contribution < 1.29 is 43.8 Å². The largest absolute Gasteiger partial charge is 0.480 e. The topological polar surface area (TPSA) is 272 Å². The summed E-state index contributed by atoms with van der Waals surface area (Å²) in [4.78, 5) is 82.2. The highest BCUT2D eigenvalue weighted by Crippen LogP contribution is 2.05. The molecule has 0 radical (unpaired) electrons. The molecular formula is C21H37N7O9. The number of rotatable bonds is 17. The molecular weight excluding hydrogens is 494 g/mol. The number of nitrogens with two attached hydrogens (primary N) is 2. The van der Waals surface area contributed by atoms with Crippen LogP contribution < -0.4 is 38.1 Å². The summed E-state index contributed by atoms with van der Waals surface area (Å²) in [5, 5.41) is 29.8. The van der Waals surface area contributed by atoms with E-state index in [-0.39, 0.29) is 25.2 Å². The molecule has 0 aromatic rings. The number of carboxylic acid groups (broad SMARTS) is 1. The molecule has 0 rings (SSSR count). The summed E-state index contributed by atoms with van der Waals surface area (Å²) in [5.74, 6) is -5.87. The standard InChI is InChI=1S/C21H37N7O9/c1-10(2)6-13(21(36)37)28-20(35)14(9-29)27-17(32)8-24-16(31)7-25-18(33)11(3)26-19(34)12(22)4-5-15(23)30/h10-14,29H,4-9,22H2,1-3H3,(H2,23,30)(H,24,31)(H,25,33)(H,26,34)(H,27,32)(H,28,35)(H,36,37)/t11-,12-,13-,14-/m0/s1. The zero-order chi connectivity index (χ0) is 28.7. The van der Waals surface area contributed by atoms with Crippen LogP contribution in [0.1, 0.15) is 40.0 Å². The lowest BCUT2D eigenvalue weighted by Crippen LogP contribution is -2.55. The third kappa shape index (κ3) is 14.4. The van der Waals surface area contributed by atoms with Crippen LogP contribution in [0.25, 0.3) is 0 Å². The lowest BCUT2D eigenvalue weighted by atomic mass is 10.0. The summed E-state index contributed by atoms with van der Waals surface area (Å²) < 4.78 is 0. The van der Waals surface area contributed by atoms with Crippen molar-refractivity contribution in [2.24, 2.45) is 17.4 Å². The van der Waals surface area contributed by atoms with Crippen LogP contribution in [-0.2, 0) is 33.6 Å². The number of carboxylic acids is 1. The van der Waals surface area contributed by atoms with Crippen molar-refractivity contribution in [1.29, 1.82) is 0 Å². The highest BCUT2D eigenvalue weighted by atomic mass is 16.4. The summed E-state index contributed by atoms with van der Waals surface area (Å²) in [6.45, 7) is 2.91. The number of carbonyl (C=O) groups is 7. The van der Waals surface area contributed by atoms with E-state index in [1.165, 1.54) is 6.92 Å². The molecule has 210 valence electrons. The zero-order valence-corrected chi connectivity index (χ0v) is 21.0. The molecule has 4 atom stereocenters. The first-order valence-corrected chi connectivity index (χ1v) is 11.5. The van der Waals surface area contributed by atoms with Gasteiger partial charge in [-0.25, -0.2) is 4.79 Å². The third-order valence-electron chi connectivity index (χ3n) is 4.82. The number of aliphatic hydroxyl groups excluding tert-OH is 1. The van der Waals surface area contributed by atoms with Crippen molar-refractivity contribution in [2.75, 3.05) is 19.7 Å². The van der Waals surface area contributed by atoms with Crippen molar-refractivity contribution in [3.63, 3.8) is 0 Å².